The monoisotopic (exact) mass is 387 g/mol. The van der Waals surface area contributed by atoms with E-state index < -0.39 is 0 Å². The highest BCUT2D eigenvalue weighted by Gasteiger charge is 2.27. The minimum Gasteiger partial charge on any atom is -0.492 e. The molecule has 1 atom stereocenters. The van der Waals surface area contributed by atoms with Crippen molar-refractivity contribution in [2.24, 2.45) is 0 Å². The Morgan fingerprint density at radius 1 is 1.33 bits per heavy atom. The van der Waals surface area contributed by atoms with Gasteiger partial charge in [0.05, 0.1) is 6.20 Å². The summed E-state index contributed by atoms with van der Waals surface area (Å²) < 4.78 is 0. The Morgan fingerprint density at radius 2 is 2.07 bits per heavy atom. The number of likely N-dealkylation sites (tertiary alicyclic amines) is 1. The molecule has 1 aliphatic rings. The van der Waals surface area contributed by atoms with Gasteiger partial charge in [-0.25, -0.2) is 4.98 Å². The Balaban J connectivity index is 1.59. The summed E-state index contributed by atoms with van der Waals surface area (Å²) in [7, 11) is 0. The first-order valence-corrected chi connectivity index (χ1v) is 8.65. The van der Waals surface area contributed by atoms with Crippen molar-refractivity contribution in [1.82, 2.24) is 14.9 Å². The van der Waals surface area contributed by atoms with Gasteiger partial charge in [-0.2, -0.15) is 4.98 Å². The lowest BCUT2D eigenvalue weighted by atomic mass is 10.2. The molecular weight excluding hydrogens is 370 g/mol. The lowest BCUT2D eigenvalue weighted by Crippen LogP contribution is -2.31. The smallest absolute Gasteiger partial charge is 0.253 e. The van der Waals surface area contributed by atoms with Crippen LogP contribution in [-0.4, -0.2) is 50.9 Å². The zero-order valence-corrected chi connectivity index (χ0v) is 15.1. The zero-order valence-electron chi connectivity index (χ0n) is 14.4. The number of rotatable bonds is 5. The Kier molecular flexibility index (Phi) is 5.56. The van der Waals surface area contributed by atoms with E-state index in [2.05, 4.69) is 27.2 Å². The summed E-state index contributed by atoms with van der Waals surface area (Å²) in [6.45, 7) is 4.47. The number of amides is 2. The fourth-order valence-corrected chi connectivity index (χ4v) is 2.84. The van der Waals surface area contributed by atoms with Crippen LogP contribution in [0.4, 0.5) is 11.6 Å². The first-order valence-electron chi connectivity index (χ1n) is 8.27. The molecule has 2 heterocycles. The van der Waals surface area contributed by atoms with E-state index in [4.69, 9.17) is 11.6 Å². The lowest BCUT2D eigenvalue weighted by Gasteiger charge is -2.17. The van der Waals surface area contributed by atoms with Gasteiger partial charge >= 0.3 is 0 Å². The molecule has 0 bridgehead atoms. The van der Waals surface area contributed by atoms with Crippen LogP contribution in [-0.2, 0) is 4.79 Å². The number of nitrogens with zero attached hydrogens (tertiary/aromatic N) is 3. The van der Waals surface area contributed by atoms with Crippen LogP contribution in [0.15, 0.2) is 43.1 Å². The number of carbonyl (C=O) groups is 2. The first kappa shape index (κ1) is 18.7. The number of benzene rings is 1. The van der Waals surface area contributed by atoms with Crippen molar-refractivity contribution in [3.63, 3.8) is 0 Å². The molecule has 8 nitrogen and oxygen atoms in total. The third kappa shape index (κ3) is 4.53. The fourth-order valence-electron chi connectivity index (χ4n) is 2.74. The highest BCUT2D eigenvalue weighted by Crippen LogP contribution is 2.22. The molecular formula is C18H18ClN5O3. The Labute approximate surface area is 160 Å². The summed E-state index contributed by atoms with van der Waals surface area (Å²) in [5, 5.41) is 15.3. The van der Waals surface area contributed by atoms with E-state index in [-0.39, 0.29) is 34.7 Å². The van der Waals surface area contributed by atoms with Crippen LogP contribution < -0.4 is 10.6 Å². The van der Waals surface area contributed by atoms with Gasteiger partial charge in [0.1, 0.15) is 5.02 Å². The fraction of sp³-hybridized carbons (Fsp3) is 0.222. The standard InChI is InChI=1S/C18H18ClN5O3/c1-2-15(25)21-12-5-3-11(4-6-12)17(27)24-8-7-13(10-24)22-18-20-9-14(19)16(26)23-18/h2-6,9,13H,1,7-8,10H2,(H,21,25)(H2,20,22,23,26)/t13-/m0/s1. The number of carbonyl (C=O) groups excluding carboxylic acids is 2. The van der Waals surface area contributed by atoms with Gasteiger partial charge in [0.2, 0.25) is 17.7 Å². The van der Waals surface area contributed by atoms with Crippen molar-refractivity contribution >= 4 is 35.1 Å². The summed E-state index contributed by atoms with van der Waals surface area (Å²) in [4.78, 5) is 33.5. The molecule has 1 saturated heterocycles. The Hall–Kier alpha value is -3.13. The molecule has 0 saturated carbocycles. The SMILES string of the molecule is C=CC(=O)Nc1ccc(C(=O)N2CC[C@H](Nc3ncc(Cl)c(O)n3)C2)cc1. The topological polar surface area (TPSA) is 107 Å². The van der Waals surface area contributed by atoms with Crippen LogP contribution in [0, 0.1) is 0 Å². The summed E-state index contributed by atoms with van der Waals surface area (Å²) in [6, 6.07) is 6.65. The summed E-state index contributed by atoms with van der Waals surface area (Å²) in [6.07, 6.45) is 3.23. The summed E-state index contributed by atoms with van der Waals surface area (Å²) >= 11 is 5.69. The zero-order chi connectivity index (χ0) is 19.4. The third-order valence-electron chi connectivity index (χ3n) is 4.12. The molecule has 0 spiro atoms. The highest BCUT2D eigenvalue weighted by atomic mass is 35.5. The van der Waals surface area contributed by atoms with Gasteiger partial charge in [0.15, 0.2) is 0 Å². The molecule has 3 N–H and O–H groups in total. The number of anilines is 2. The second-order valence-corrected chi connectivity index (χ2v) is 6.42. The van der Waals surface area contributed by atoms with Gasteiger partial charge in [-0.05, 0) is 36.8 Å². The van der Waals surface area contributed by atoms with Crippen molar-refractivity contribution in [3.05, 3.63) is 53.7 Å². The van der Waals surface area contributed by atoms with Gasteiger partial charge in [0, 0.05) is 30.4 Å². The second-order valence-electron chi connectivity index (χ2n) is 6.02. The highest BCUT2D eigenvalue weighted by molar-refractivity contribution is 6.31. The van der Waals surface area contributed by atoms with Crippen LogP contribution in [0.2, 0.25) is 5.02 Å². The van der Waals surface area contributed by atoms with Crippen LogP contribution in [0.25, 0.3) is 0 Å². The maximum Gasteiger partial charge on any atom is 0.253 e. The van der Waals surface area contributed by atoms with E-state index in [1.165, 1.54) is 12.3 Å². The van der Waals surface area contributed by atoms with Crippen molar-refractivity contribution in [2.45, 2.75) is 12.5 Å². The van der Waals surface area contributed by atoms with Crippen molar-refractivity contribution in [3.8, 4) is 5.88 Å². The maximum atomic E-state index is 12.6. The largest absolute Gasteiger partial charge is 0.492 e. The van der Waals surface area contributed by atoms with E-state index in [1.807, 2.05) is 0 Å². The van der Waals surface area contributed by atoms with Gasteiger partial charge in [-0.1, -0.05) is 18.2 Å². The first-order chi connectivity index (χ1) is 13.0. The number of aromatic nitrogens is 2. The van der Waals surface area contributed by atoms with Crippen LogP contribution in [0.1, 0.15) is 16.8 Å². The van der Waals surface area contributed by atoms with Crippen LogP contribution in [0.3, 0.4) is 0 Å². The quantitative estimate of drug-likeness (QED) is 0.679. The van der Waals surface area contributed by atoms with E-state index in [0.717, 1.165) is 6.42 Å². The van der Waals surface area contributed by atoms with Crippen molar-refractivity contribution < 1.29 is 14.7 Å². The second kappa shape index (κ2) is 8.05. The Morgan fingerprint density at radius 3 is 2.74 bits per heavy atom. The number of halogens is 1. The number of hydrogen-bond donors (Lipinski definition) is 3. The molecule has 0 radical (unpaired) electrons. The maximum absolute atomic E-state index is 12.6. The average molecular weight is 388 g/mol. The van der Waals surface area contributed by atoms with Crippen LogP contribution in [0.5, 0.6) is 5.88 Å². The minimum atomic E-state index is -0.307. The molecule has 3 rings (SSSR count). The molecule has 2 aromatic rings. The van der Waals surface area contributed by atoms with Crippen molar-refractivity contribution in [1.29, 1.82) is 0 Å². The Bertz CT molecular complexity index is 872. The normalized spacial score (nSPS) is 16.0. The summed E-state index contributed by atoms with van der Waals surface area (Å²) in [5.41, 5.74) is 1.13. The molecule has 1 aliphatic heterocycles. The van der Waals surface area contributed by atoms with Crippen molar-refractivity contribution in [2.75, 3.05) is 23.7 Å². The van der Waals surface area contributed by atoms with Gasteiger partial charge in [-0.3, -0.25) is 9.59 Å². The minimum absolute atomic E-state index is 0.0271. The van der Waals surface area contributed by atoms with Gasteiger partial charge in [-0.15, -0.1) is 0 Å². The molecule has 0 aliphatic carbocycles. The van der Waals surface area contributed by atoms with E-state index in [9.17, 15) is 14.7 Å². The van der Waals surface area contributed by atoms with E-state index in [1.54, 1.807) is 29.2 Å². The molecule has 1 aromatic heterocycles. The molecule has 0 unspecified atom stereocenters. The molecule has 1 aromatic carbocycles. The van der Waals surface area contributed by atoms with E-state index in [0.29, 0.717) is 24.3 Å². The average Bonchev–Trinajstić information content (AvgIpc) is 3.13. The van der Waals surface area contributed by atoms with Gasteiger partial charge < -0.3 is 20.6 Å². The lowest BCUT2D eigenvalue weighted by molar-refractivity contribution is -0.111. The molecule has 140 valence electrons. The molecule has 9 heteroatoms. The number of hydrogen-bond acceptors (Lipinski definition) is 6. The number of nitrogens with one attached hydrogen (secondary N) is 2. The van der Waals surface area contributed by atoms with Crippen LogP contribution >= 0.6 is 11.6 Å². The number of aromatic hydroxyl groups is 1. The predicted molar refractivity (Wildman–Crippen MR) is 102 cm³/mol. The molecule has 2 amide bonds. The van der Waals surface area contributed by atoms with Gasteiger partial charge in [0.25, 0.3) is 5.91 Å². The van der Waals surface area contributed by atoms with E-state index >= 15 is 0 Å². The predicted octanol–water partition coefficient (Wildman–Crippen LogP) is 2.29. The molecule has 1 fully saturated rings. The third-order valence-corrected chi connectivity index (χ3v) is 4.39. The summed E-state index contributed by atoms with van der Waals surface area (Å²) in [5.74, 6) is -0.430. The molecule has 27 heavy (non-hydrogen) atoms.